The number of hydrogen-bond acceptors (Lipinski definition) is 3. The monoisotopic (exact) mass is 662 g/mol. The van der Waals surface area contributed by atoms with E-state index in [-0.39, 0.29) is 12.2 Å². The zero-order valence-electron chi connectivity index (χ0n) is 29.0. The van der Waals surface area contributed by atoms with Gasteiger partial charge in [-0.25, -0.2) is 0 Å². The van der Waals surface area contributed by atoms with E-state index in [9.17, 15) is 0 Å². The molecule has 0 spiro atoms. The van der Waals surface area contributed by atoms with Crippen LogP contribution in [-0.4, -0.2) is 12.2 Å². The standard InChI is InChI=1S/C48H42N2O/c1-3-14-40(31-34-15-6-4-7-16-34)50-48(49-33(2)35-25-27-37(28-26-35)36-17-8-5-9-18-36)43-23-13-24-46-47(43)44-32-39(29-30-45(44)51-46)42-22-12-20-38-19-10-11-21-41(38)42/h3-12,14-23,25-30,32,40,48-50H,2,13,24,31H2,1H3/b14-3+. The molecule has 0 fully saturated rings. The third kappa shape index (κ3) is 6.81. The Kier molecular flexibility index (Phi) is 9.20. The van der Waals surface area contributed by atoms with Crippen LogP contribution in [0.3, 0.4) is 0 Å². The molecule has 3 heteroatoms. The Morgan fingerprint density at radius 2 is 1.45 bits per heavy atom. The molecule has 8 rings (SSSR count). The van der Waals surface area contributed by atoms with Gasteiger partial charge in [0.25, 0.3) is 0 Å². The van der Waals surface area contributed by atoms with Gasteiger partial charge in [-0.1, -0.05) is 158 Å². The first-order valence-corrected chi connectivity index (χ1v) is 17.9. The lowest BCUT2D eigenvalue weighted by atomic mass is 9.90. The van der Waals surface area contributed by atoms with Crippen LogP contribution in [0.2, 0.25) is 0 Å². The van der Waals surface area contributed by atoms with Crippen molar-refractivity contribution in [3.8, 4) is 22.3 Å². The van der Waals surface area contributed by atoms with E-state index in [0.29, 0.717) is 0 Å². The molecule has 51 heavy (non-hydrogen) atoms. The number of nitrogens with one attached hydrogen (secondary N) is 2. The minimum absolute atomic E-state index is 0.0823. The fraction of sp³-hybridized carbons (Fsp3) is 0.125. The van der Waals surface area contributed by atoms with E-state index in [1.165, 1.54) is 49.7 Å². The van der Waals surface area contributed by atoms with Crippen molar-refractivity contribution in [2.45, 2.75) is 38.4 Å². The van der Waals surface area contributed by atoms with Crippen LogP contribution in [0.15, 0.2) is 175 Å². The van der Waals surface area contributed by atoms with Crippen LogP contribution in [-0.2, 0) is 12.8 Å². The second kappa shape index (κ2) is 14.5. The van der Waals surface area contributed by atoms with Crippen LogP contribution in [0, 0.1) is 0 Å². The molecule has 6 aromatic carbocycles. The van der Waals surface area contributed by atoms with Crippen LogP contribution < -0.4 is 10.6 Å². The van der Waals surface area contributed by atoms with Crippen LogP contribution >= 0.6 is 0 Å². The molecule has 1 heterocycles. The maximum Gasteiger partial charge on any atom is 0.134 e. The molecule has 1 aliphatic carbocycles. The molecule has 2 unspecified atom stereocenters. The molecule has 7 aromatic rings. The van der Waals surface area contributed by atoms with Crippen molar-refractivity contribution in [3.63, 3.8) is 0 Å². The maximum atomic E-state index is 6.61. The van der Waals surface area contributed by atoms with Gasteiger partial charge in [0, 0.05) is 29.1 Å². The van der Waals surface area contributed by atoms with Crippen LogP contribution in [0.5, 0.6) is 0 Å². The zero-order valence-corrected chi connectivity index (χ0v) is 29.0. The Morgan fingerprint density at radius 3 is 2.25 bits per heavy atom. The van der Waals surface area contributed by atoms with E-state index < -0.39 is 0 Å². The van der Waals surface area contributed by atoms with Crippen molar-refractivity contribution in [1.82, 2.24) is 10.6 Å². The van der Waals surface area contributed by atoms with E-state index >= 15 is 0 Å². The van der Waals surface area contributed by atoms with Gasteiger partial charge < -0.3 is 9.73 Å². The summed E-state index contributed by atoms with van der Waals surface area (Å²) in [6.45, 7) is 6.66. The first-order valence-electron chi connectivity index (χ1n) is 17.9. The molecule has 0 saturated carbocycles. The highest BCUT2D eigenvalue weighted by Gasteiger charge is 2.28. The van der Waals surface area contributed by atoms with Crippen LogP contribution in [0.25, 0.3) is 55.3 Å². The number of fused-ring (bicyclic) bond motifs is 4. The summed E-state index contributed by atoms with van der Waals surface area (Å²) in [5.41, 5.74) is 11.3. The Labute approximate surface area is 300 Å². The van der Waals surface area contributed by atoms with E-state index in [1.54, 1.807) is 0 Å². The van der Waals surface area contributed by atoms with Gasteiger partial charge in [-0.05, 0) is 81.6 Å². The molecule has 1 aromatic heterocycles. The van der Waals surface area contributed by atoms with Crippen molar-refractivity contribution in [2.75, 3.05) is 0 Å². The zero-order chi connectivity index (χ0) is 34.6. The SMILES string of the molecule is C=C(NC(NC(/C=C/C)Cc1ccccc1)C1=CCCc2oc3ccc(-c4cccc5ccccc45)cc3c21)c1ccc(-c2ccccc2)cc1. The normalized spacial score (nSPS) is 13.9. The number of furan rings is 1. The lowest BCUT2D eigenvalue weighted by Gasteiger charge is -2.30. The second-order valence-corrected chi connectivity index (χ2v) is 13.3. The third-order valence-corrected chi connectivity index (χ3v) is 9.96. The maximum absolute atomic E-state index is 6.61. The topological polar surface area (TPSA) is 37.2 Å². The molecule has 250 valence electrons. The second-order valence-electron chi connectivity index (χ2n) is 13.3. The first-order chi connectivity index (χ1) is 25.1. The van der Waals surface area contributed by atoms with E-state index in [4.69, 9.17) is 4.42 Å². The quantitative estimate of drug-likeness (QED) is 0.107. The van der Waals surface area contributed by atoms with E-state index in [1.807, 2.05) is 0 Å². The van der Waals surface area contributed by atoms with Gasteiger partial charge in [-0.3, -0.25) is 5.32 Å². The lowest BCUT2D eigenvalue weighted by Crippen LogP contribution is -2.47. The minimum Gasteiger partial charge on any atom is -0.460 e. The summed E-state index contributed by atoms with van der Waals surface area (Å²) < 4.78 is 6.61. The molecule has 0 amide bonds. The average molecular weight is 663 g/mol. The van der Waals surface area contributed by atoms with Gasteiger partial charge in [0.1, 0.15) is 17.5 Å². The number of hydrogen-bond donors (Lipinski definition) is 2. The highest BCUT2D eigenvalue weighted by Crippen LogP contribution is 2.40. The molecule has 1 aliphatic rings. The Bertz CT molecular complexity index is 2360. The van der Waals surface area contributed by atoms with Crippen molar-refractivity contribution < 1.29 is 4.42 Å². The Balaban J connectivity index is 1.18. The van der Waals surface area contributed by atoms with Gasteiger partial charge in [-0.15, -0.1) is 0 Å². The first kappa shape index (κ1) is 32.3. The van der Waals surface area contributed by atoms with Crippen molar-refractivity contribution in [1.29, 1.82) is 0 Å². The summed E-state index contributed by atoms with van der Waals surface area (Å²) in [6.07, 6.45) is 9.19. The van der Waals surface area contributed by atoms with Gasteiger partial charge in [0.05, 0.1) is 0 Å². The largest absolute Gasteiger partial charge is 0.460 e. The van der Waals surface area contributed by atoms with Gasteiger partial charge in [0.15, 0.2) is 0 Å². The molecule has 3 nitrogen and oxygen atoms in total. The van der Waals surface area contributed by atoms with Crippen LogP contribution in [0.1, 0.15) is 35.8 Å². The van der Waals surface area contributed by atoms with Gasteiger partial charge in [0.2, 0.25) is 0 Å². The summed E-state index contributed by atoms with van der Waals surface area (Å²) in [4.78, 5) is 0. The Hall–Kier alpha value is -5.90. The summed E-state index contributed by atoms with van der Waals surface area (Å²) >= 11 is 0. The fourth-order valence-corrected chi connectivity index (χ4v) is 7.47. The van der Waals surface area contributed by atoms with Crippen molar-refractivity contribution in [2.24, 2.45) is 0 Å². The number of allylic oxidation sites excluding steroid dienone is 2. The molecule has 0 saturated heterocycles. The highest BCUT2D eigenvalue weighted by atomic mass is 16.3. The van der Waals surface area contributed by atoms with E-state index in [2.05, 4.69) is 188 Å². The molecular weight excluding hydrogens is 621 g/mol. The van der Waals surface area contributed by atoms with E-state index in [0.717, 1.165) is 47.3 Å². The molecular formula is C48H42N2O. The smallest absolute Gasteiger partial charge is 0.134 e. The molecule has 0 bridgehead atoms. The fourth-order valence-electron chi connectivity index (χ4n) is 7.47. The highest BCUT2D eigenvalue weighted by molar-refractivity contribution is 6.01. The molecule has 0 radical (unpaired) electrons. The average Bonchev–Trinajstić information content (AvgIpc) is 3.56. The minimum atomic E-state index is -0.225. The summed E-state index contributed by atoms with van der Waals surface area (Å²) in [5.74, 6) is 1.04. The predicted molar refractivity (Wildman–Crippen MR) is 215 cm³/mol. The molecule has 2 atom stereocenters. The van der Waals surface area contributed by atoms with Crippen LogP contribution in [0.4, 0.5) is 0 Å². The third-order valence-electron chi connectivity index (χ3n) is 9.96. The lowest BCUT2D eigenvalue weighted by molar-refractivity contribution is 0.501. The number of aryl methyl sites for hydroxylation is 1. The van der Waals surface area contributed by atoms with Crippen molar-refractivity contribution in [3.05, 3.63) is 193 Å². The Morgan fingerprint density at radius 1 is 0.745 bits per heavy atom. The summed E-state index contributed by atoms with van der Waals surface area (Å²) in [7, 11) is 0. The van der Waals surface area contributed by atoms with Gasteiger partial charge in [-0.2, -0.15) is 0 Å². The number of benzene rings is 6. The molecule has 2 N–H and O–H groups in total. The van der Waals surface area contributed by atoms with Crippen molar-refractivity contribution >= 4 is 33.0 Å². The predicted octanol–water partition coefficient (Wildman–Crippen LogP) is 11.6. The number of rotatable bonds is 11. The molecule has 0 aliphatic heterocycles. The van der Waals surface area contributed by atoms with Gasteiger partial charge >= 0.3 is 0 Å². The summed E-state index contributed by atoms with van der Waals surface area (Å²) in [5, 5.41) is 11.5. The summed E-state index contributed by atoms with van der Waals surface area (Å²) in [6, 6.07) is 51.7.